The number of ketones is 1. The van der Waals surface area contributed by atoms with Crippen LogP contribution in [-0.4, -0.2) is 11.5 Å². The van der Waals surface area contributed by atoms with Crippen LogP contribution in [0.2, 0.25) is 0 Å². The molecule has 98 valence electrons. The molecule has 0 saturated carbocycles. The van der Waals surface area contributed by atoms with Crippen LogP contribution < -0.4 is 0 Å². The summed E-state index contributed by atoms with van der Waals surface area (Å²) >= 11 is 1.57. The fraction of sp³-hybridized carbons (Fsp3) is 0.188. The van der Waals surface area contributed by atoms with Gasteiger partial charge in [0.25, 0.3) is 0 Å². The number of rotatable bonds is 6. The molecule has 2 aromatic rings. The van der Waals surface area contributed by atoms with Gasteiger partial charge in [0.15, 0.2) is 0 Å². The van der Waals surface area contributed by atoms with Gasteiger partial charge in [0, 0.05) is 12.2 Å². The lowest BCUT2D eigenvalue weighted by Crippen LogP contribution is -2.07. The number of thioether (sulfide) groups is 1. The summed E-state index contributed by atoms with van der Waals surface area (Å²) in [5, 5.41) is 0. The van der Waals surface area contributed by atoms with Crippen LogP contribution in [-0.2, 0) is 17.0 Å². The van der Waals surface area contributed by atoms with Gasteiger partial charge in [-0.15, -0.1) is 11.8 Å². The second kappa shape index (κ2) is 7.10. The normalized spacial score (nSPS) is 10.4. The van der Waals surface area contributed by atoms with E-state index in [-0.39, 0.29) is 18.0 Å². The van der Waals surface area contributed by atoms with Gasteiger partial charge in [0.1, 0.15) is 11.6 Å². The van der Waals surface area contributed by atoms with Gasteiger partial charge in [-0.25, -0.2) is 4.39 Å². The molecule has 0 bridgehead atoms. The van der Waals surface area contributed by atoms with Crippen molar-refractivity contribution in [1.29, 1.82) is 0 Å². The maximum atomic E-state index is 13.4. The van der Waals surface area contributed by atoms with Crippen molar-refractivity contribution in [3.05, 3.63) is 71.5 Å². The van der Waals surface area contributed by atoms with Gasteiger partial charge in [0.2, 0.25) is 0 Å². The Balaban J connectivity index is 1.78. The zero-order valence-corrected chi connectivity index (χ0v) is 11.3. The number of Topliss-reactive ketones (excluding diaryl/α,β-unsaturated/α-hetero) is 1. The Labute approximate surface area is 116 Å². The monoisotopic (exact) mass is 274 g/mol. The van der Waals surface area contributed by atoms with Crippen LogP contribution in [0.1, 0.15) is 11.1 Å². The smallest absolute Gasteiger partial charge is 0.147 e. The van der Waals surface area contributed by atoms with E-state index in [4.69, 9.17) is 0 Å². The lowest BCUT2D eigenvalue weighted by atomic mass is 10.1. The van der Waals surface area contributed by atoms with Crippen LogP contribution in [0, 0.1) is 5.82 Å². The highest BCUT2D eigenvalue weighted by molar-refractivity contribution is 7.99. The van der Waals surface area contributed by atoms with Crippen molar-refractivity contribution in [3.8, 4) is 0 Å². The molecule has 3 heteroatoms. The number of hydrogen-bond donors (Lipinski definition) is 0. The van der Waals surface area contributed by atoms with E-state index in [1.165, 1.54) is 11.6 Å². The summed E-state index contributed by atoms with van der Waals surface area (Å²) in [6.45, 7) is 0. The topological polar surface area (TPSA) is 17.1 Å². The van der Waals surface area contributed by atoms with Crippen LogP contribution in [0.3, 0.4) is 0 Å². The van der Waals surface area contributed by atoms with Crippen molar-refractivity contribution >= 4 is 17.5 Å². The molecule has 0 aliphatic rings. The van der Waals surface area contributed by atoms with Crippen molar-refractivity contribution in [2.75, 3.05) is 5.75 Å². The maximum Gasteiger partial charge on any atom is 0.147 e. The quantitative estimate of drug-likeness (QED) is 0.795. The van der Waals surface area contributed by atoms with E-state index in [1.54, 1.807) is 30.0 Å². The van der Waals surface area contributed by atoms with E-state index in [9.17, 15) is 9.18 Å². The minimum absolute atomic E-state index is 0.0611. The van der Waals surface area contributed by atoms with E-state index >= 15 is 0 Å². The van der Waals surface area contributed by atoms with Crippen LogP contribution in [0.5, 0.6) is 0 Å². The third kappa shape index (κ3) is 4.52. The number of benzene rings is 2. The number of carbonyl (C=O) groups excluding carboxylic acids is 1. The molecule has 0 spiro atoms. The minimum Gasteiger partial charge on any atom is -0.298 e. The molecule has 0 atom stereocenters. The zero-order chi connectivity index (χ0) is 13.5. The first-order chi connectivity index (χ1) is 9.25. The summed E-state index contributed by atoms with van der Waals surface area (Å²) < 4.78 is 13.4. The van der Waals surface area contributed by atoms with Crippen LogP contribution >= 0.6 is 11.8 Å². The Kier molecular flexibility index (Phi) is 5.16. The molecule has 19 heavy (non-hydrogen) atoms. The Morgan fingerprint density at radius 3 is 2.42 bits per heavy atom. The summed E-state index contributed by atoms with van der Waals surface area (Å²) in [6, 6.07) is 16.4. The minimum atomic E-state index is -0.302. The molecule has 2 aromatic carbocycles. The SMILES string of the molecule is O=C(CSCc1ccccc1)Cc1ccccc1F. The molecule has 0 fully saturated rings. The molecule has 0 aromatic heterocycles. The van der Waals surface area contributed by atoms with Gasteiger partial charge >= 0.3 is 0 Å². The van der Waals surface area contributed by atoms with Crippen molar-refractivity contribution in [2.24, 2.45) is 0 Å². The predicted octanol–water partition coefficient (Wildman–Crippen LogP) is 3.87. The first-order valence-corrected chi connectivity index (χ1v) is 7.28. The van der Waals surface area contributed by atoms with Crippen molar-refractivity contribution in [3.63, 3.8) is 0 Å². The standard InChI is InChI=1S/C16H15FOS/c17-16-9-5-4-8-14(16)10-15(18)12-19-11-13-6-2-1-3-7-13/h1-9H,10-12H2. The van der Waals surface area contributed by atoms with E-state index in [1.807, 2.05) is 30.3 Å². The van der Waals surface area contributed by atoms with Gasteiger partial charge < -0.3 is 0 Å². The summed E-state index contributed by atoms with van der Waals surface area (Å²) in [5.41, 5.74) is 1.68. The lowest BCUT2D eigenvalue weighted by Gasteiger charge is -2.03. The summed E-state index contributed by atoms with van der Waals surface area (Å²) in [5.74, 6) is 0.988. The first kappa shape index (κ1) is 13.8. The second-order valence-electron chi connectivity index (χ2n) is 4.29. The first-order valence-electron chi connectivity index (χ1n) is 6.12. The molecule has 0 saturated heterocycles. The van der Waals surface area contributed by atoms with Gasteiger partial charge in [-0.3, -0.25) is 4.79 Å². The van der Waals surface area contributed by atoms with E-state index in [0.29, 0.717) is 11.3 Å². The van der Waals surface area contributed by atoms with Gasteiger partial charge in [-0.2, -0.15) is 0 Å². The highest BCUT2D eigenvalue weighted by atomic mass is 32.2. The molecular formula is C16H15FOS. The van der Waals surface area contributed by atoms with Gasteiger partial charge in [0.05, 0.1) is 5.75 Å². The highest BCUT2D eigenvalue weighted by Gasteiger charge is 2.07. The predicted molar refractivity (Wildman–Crippen MR) is 77.7 cm³/mol. The van der Waals surface area contributed by atoms with Gasteiger partial charge in [-0.05, 0) is 17.2 Å². The van der Waals surface area contributed by atoms with Crippen molar-refractivity contribution < 1.29 is 9.18 Å². The third-order valence-electron chi connectivity index (χ3n) is 2.72. The van der Waals surface area contributed by atoms with Crippen molar-refractivity contribution in [1.82, 2.24) is 0 Å². The highest BCUT2D eigenvalue weighted by Crippen LogP contribution is 2.14. The number of halogens is 1. The lowest BCUT2D eigenvalue weighted by molar-refractivity contribution is -0.116. The average molecular weight is 274 g/mol. The van der Waals surface area contributed by atoms with Crippen LogP contribution in [0.25, 0.3) is 0 Å². The molecule has 0 aliphatic heterocycles. The molecule has 0 N–H and O–H groups in total. The van der Waals surface area contributed by atoms with Crippen molar-refractivity contribution in [2.45, 2.75) is 12.2 Å². The van der Waals surface area contributed by atoms with E-state index in [0.717, 1.165) is 5.75 Å². The average Bonchev–Trinajstić information content (AvgIpc) is 2.43. The maximum absolute atomic E-state index is 13.4. The largest absolute Gasteiger partial charge is 0.298 e. The summed E-state index contributed by atoms with van der Waals surface area (Å²) in [6.07, 6.45) is 0.175. The fourth-order valence-corrected chi connectivity index (χ4v) is 2.62. The Morgan fingerprint density at radius 1 is 1.00 bits per heavy atom. The fourth-order valence-electron chi connectivity index (χ4n) is 1.76. The third-order valence-corrected chi connectivity index (χ3v) is 3.78. The molecule has 0 amide bonds. The molecule has 2 rings (SSSR count). The Morgan fingerprint density at radius 2 is 1.68 bits per heavy atom. The molecule has 0 aliphatic carbocycles. The second-order valence-corrected chi connectivity index (χ2v) is 5.27. The van der Waals surface area contributed by atoms with E-state index < -0.39 is 0 Å². The van der Waals surface area contributed by atoms with Gasteiger partial charge in [-0.1, -0.05) is 48.5 Å². The zero-order valence-electron chi connectivity index (χ0n) is 10.5. The molecule has 0 heterocycles. The molecule has 0 unspecified atom stereocenters. The van der Waals surface area contributed by atoms with Crippen LogP contribution in [0.15, 0.2) is 54.6 Å². The Hall–Kier alpha value is -1.61. The summed E-state index contributed by atoms with van der Waals surface area (Å²) in [4.78, 5) is 11.8. The molecule has 0 radical (unpaired) electrons. The molecular weight excluding hydrogens is 259 g/mol. The number of carbonyl (C=O) groups is 1. The van der Waals surface area contributed by atoms with E-state index in [2.05, 4.69) is 0 Å². The Bertz CT molecular complexity index is 539. The number of hydrogen-bond acceptors (Lipinski definition) is 2. The summed E-state index contributed by atoms with van der Waals surface area (Å²) in [7, 11) is 0. The molecule has 1 nitrogen and oxygen atoms in total. The van der Waals surface area contributed by atoms with Crippen LogP contribution in [0.4, 0.5) is 4.39 Å².